The van der Waals surface area contributed by atoms with Gasteiger partial charge in [0, 0.05) is 18.3 Å². The molecule has 5 heteroatoms. The molecule has 0 fully saturated rings. The van der Waals surface area contributed by atoms with Crippen molar-refractivity contribution in [2.24, 2.45) is 5.92 Å². The number of anilines is 1. The van der Waals surface area contributed by atoms with Crippen LogP contribution in [0.5, 0.6) is 0 Å². The molecule has 0 unspecified atom stereocenters. The Hall–Kier alpha value is -3.47. The van der Waals surface area contributed by atoms with E-state index in [1.165, 1.54) is 0 Å². The largest absolute Gasteiger partial charge is 0.350 e. The van der Waals surface area contributed by atoms with Crippen LogP contribution in [0.3, 0.4) is 0 Å². The van der Waals surface area contributed by atoms with E-state index in [1.54, 1.807) is 6.20 Å². The van der Waals surface area contributed by atoms with Crippen molar-refractivity contribution in [3.63, 3.8) is 0 Å². The third-order valence-corrected chi connectivity index (χ3v) is 5.28. The van der Waals surface area contributed by atoms with Crippen LogP contribution in [-0.4, -0.2) is 16.8 Å². The van der Waals surface area contributed by atoms with Gasteiger partial charge in [-0.25, -0.2) is 0 Å². The van der Waals surface area contributed by atoms with Gasteiger partial charge >= 0.3 is 0 Å². The summed E-state index contributed by atoms with van der Waals surface area (Å²) in [6.45, 7) is 7.11. The van der Waals surface area contributed by atoms with Crippen molar-refractivity contribution in [3.05, 3.63) is 95.3 Å². The van der Waals surface area contributed by atoms with Gasteiger partial charge < -0.3 is 10.2 Å². The Labute approximate surface area is 190 Å². The van der Waals surface area contributed by atoms with Gasteiger partial charge in [0.1, 0.15) is 0 Å². The highest BCUT2D eigenvalue weighted by molar-refractivity contribution is 5.93. The number of carbonyl (C=O) groups is 2. The van der Waals surface area contributed by atoms with Crippen LogP contribution in [0.4, 0.5) is 5.69 Å². The van der Waals surface area contributed by atoms with E-state index in [4.69, 9.17) is 0 Å². The molecule has 166 valence electrons. The lowest BCUT2D eigenvalue weighted by Gasteiger charge is -2.25. The summed E-state index contributed by atoms with van der Waals surface area (Å²) in [5.41, 5.74) is 4.86. The van der Waals surface area contributed by atoms with Crippen molar-refractivity contribution < 1.29 is 9.59 Å². The standard InChI is InChI=1S/C27H31N3O2/c1-20(2)16-27(32)30(19-23-9-5-4-8-21(23)3)25-13-11-22(12-14-25)17-26(31)29-18-24-10-6-7-15-28-24/h4-15,20H,16-19H2,1-3H3,(H,29,31). The number of nitrogens with one attached hydrogen (secondary N) is 1. The van der Waals surface area contributed by atoms with E-state index in [0.717, 1.165) is 28.1 Å². The lowest BCUT2D eigenvalue weighted by molar-refractivity contribution is -0.121. The molecule has 0 aliphatic carbocycles. The second kappa shape index (κ2) is 11.2. The zero-order valence-corrected chi connectivity index (χ0v) is 19.0. The van der Waals surface area contributed by atoms with Crippen LogP contribution in [0, 0.1) is 12.8 Å². The topological polar surface area (TPSA) is 62.3 Å². The lowest BCUT2D eigenvalue weighted by Crippen LogP contribution is -2.31. The van der Waals surface area contributed by atoms with Gasteiger partial charge in [-0.1, -0.05) is 56.3 Å². The summed E-state index contributed by atoms with van der Waals surface area (Å²) in [7, 11) is 0. The first kappa shape index (κ1) is 23.2. The predicted molar refractivity (Wildman–Crippen MR) is 128 cm³/mol. The van der Waals surface area contributed by atoms with Gasteiger partial charge in [0.15, 0.2) is 0 Å². The van der Waals surface area contributed by atoms with Gasteiger partial charge in [0.2, 0.25) is 11.8 Å². The van der Waals surface area contributed by atoms with Crippen LogP contribution < -0.4 is 10.2 Å². The number of carbonyl (C=O) groups excluding carboxylic acids is 2. The number of amides is 2. The normalized spacial score (nSPS) is 10.8. The van der Waals surface area contributed by atoms with Crippen molar-refractivity contribution >= 4 is 17.5 Å². The quantitative estimate of drug-likeness (QED) is 0.530. The van der Waals surface area contributed by atoms with Crippen molar-refractivity contribution in [3.8, 4) is 0 Å². The first-order valence-corrected chi connectivity index (χ1v) is 11.0. The van der Waals surface area contributed by atoms with Crippen LogP contribution in [0.2, 0.25) is 0 Å². The summed E-state index contributed by atoms with van der Waals surface area (Å²) in [6, 6.07) is 21.5. The Balaban J connectivity index is 1.68. The Morgan fingerprint density at radius 1 is 0.969 bits per heavy atom. The number of pyridine rings is 1. The molecule has 5 nitrogen and oxygen atoms in total. The monoisotopic (exact) mass is 429 g/mol. The number of aryl methyl sites for hydroxylation is 1. The Bertz CT molecular complexity index is 1030. The minimum absolute atomic E-state index is 0.0592. The summed E-state index contributed by atoms with van der Waals surface area (Å²) in [6.07, 6.45) is 2.48. The SMILES string of the molecule is Cc1ccccc1CN(C(=O)CC(C)C)c1ccc(CC(=O)NCc2ccccn2)cc1. The second-order valence-electron chi connectivity index (χ2n) is 8.45. The molecule has 0 saturated heterocycles. The minimum atomic E-state index is -0.0592. The number of hydrogen-bond acceptors (Lipinski definition) is 3. The molecule has 1 aromatic heterocycles. The van der Waals surface area contributed by atoms with Crippen molar-refractivity contribution in [2.45, 2.75) is 46.7 Å². The predicted octanol–water partition coefficient (Wildman–Crippen LogP) is 4.83. The molecular weight excluding hydrogens is 398 g/mol. The van der Waals surface area contributed by atoms with Crippen molar-refractivity contribution in [2.75, 3.05) is 4.90 Å². The van der Waals surface area contributed by atoms with Gasteiger partial charge in [-0.15, -0.1) is 0 Å². The van der Waals surface area contributed by atoms with Gasteiger partial charge in [0.25, 0.3) is 0 Å². The maximum Gasteiger partial charge on any atom is 0.227 e. The molecular formula is C27H31N3O2. The highest BCUT2D eigenvalue weighted by Gasteiger charge is 2.18. The summed E-state index contributed by atoms with van der Waals surface area (Å²) < 4.78 is 0. The van der Waals surface area contributed by atoms with E-state index < -0.39 is 0 Å². The van der Waals surface area contributed by atoms with Crippen LogP contribution in [-0.2, 0) is 29.1 Å². The molecule has 0 aliphatic heterocycles. The van der Waals surface area contributed by atoms with Crippen LogP contribution in [0.1, 0.15) is 42.7 Å². The first-order valence-electron chi connectivity index (χ1n) is 11.0. The number of nitrogens with zero attached hydrogens (tertiary/aromatic N) is 2. The molecule has 0 bridgehead atoms. The fraction of sp³-hybridized carbons (Fsp3) is 0.296. The Morgan fingerprint density at radius 3 is 2.34 bits per heavy atom. The summed E-state index contributed by atoms with van der Waals surface area (Å²) in [5.74, 6) is 0.323. The second-order valence-corrected chi connectivity index (χ2v) is 8.45. The molecule has 0 spiro atoms. The Kier molecular flexibility index (Phi) is 8.14. The van der Waals surface area contributed by atoms with Crippen LogP contribution >= 0.6 is 0 Å². The first-order chi connectivity index (χ1) is 15.4. The number of aromatic nitrogens is 1. The molecule has 0 aliphatic rings. The van der Waals surface area contributed by atoms with Crippen molar-refractivity contribution in [1.82, 2.24) is 10.3 Å². The smallest absolute Gasteiger partial charge is 0.227 e. The van der Waals surface area contributed by atoms with E-state index in [-0.39, 0.29) is 24.2 Å². The zero-order valence-electron chi connectivity index (χ0n) is 19.0. The molecule has 2 aromatic carbocycles. The highest BCUT2D eigenvalue weighted by atomic mass is 16.2. The summed E-state index contributed by atoms with van der Waals surface area (Å²) >= 11 is 0. The molecule has 0 atom stereocenters. The Morgan fingerprint density at radius 2 is 1.69 bits per heavy atom. The average molecular weight is 430 g/mol. The maximum absolute atomic E-state index is 13.0. The average Bonchev–Trinajstić information content (AvgIpc) is 2.78. The third-order valence-electron chi connectivity index (χ3n) is 5.28. The van der Waals surface area contributed by atoms with E-state index in [9.17, 15) is 9.59 Å². The molecule has 0 radical (unpaired) electrons. The summed E-state index contributed by atoms with van der Waals surface area (Å²) in [4.78, 5) is 31.4. The van der Waals surface area contributed by atoms with Crippen molar-refractivity contribution in [1.29, 1.82) is 0 Å². The number of benzene rings is 2. The highest BCUT2D eigenvalue weighted by Crippen LogP contribution is 2.22. The van der Waals surface area contributed by atoms with E-state index in [1.807, 2.05) is 59.5 Å². The molecule has 1 N–H and O–H groups in total. The van der Waals surface area contributed by atoms with E-state index in [2.05, 4.69) is 43.2 Å². The fourth-order valence-corrected chi connectivity index (χ4v) is 3.47. The fourth-order valence-electron chi connectivity index (χ4n) is 3.47. The third kappa shape index (κ3) is 6.77. The molecule has 32 heavy (non-hydrogen) atoms. The summed E-state index contributed by atoms with van der Waals surface area (Å²) in [5, 5.41) is 2.90. The van der Waals surface area contributed by atoms with Gasteiger partial charge in [-0.05, 0) is 53.8 Å². The molecule has 1 heterocycles. The zero-order chi connectivity index (χ0) is 22.9. The van der Waals surface area contributed by atoms with Gasteiger partial charge in [0.05, 0.1) is 25.2 Å². The number of rotatable bonds is 9. The molecule has 2 amide bonds. The van der Waals surface area contributed by atoms with Gasteiger partial charge in [-0.2, -0.15) is 0 Å². The van der Waals surface area contributed by atoms with Gasteiger partial charge in [-0.3, -0.25) is 14.6 Å². The lowest BCUT2D eigenvalue weighted by atomic mass is 10.1. The maximum atomic E-state index is 13.0. The van der Waals surface area contributed by atoms with Crippen LogP contribution in [0.15, 0.2) is 72.9 Å². The number of hydrogen-bond donors (Lipinski definition) is 1. The minimum Gasteiger partial charge on any atom is -0.350 e. The molecule has 3 rings (SSSR count). The molecule has 3 aromatic rings. The van der Waals surface area contributed by atoms with E-state index >= 15 is 0 Å². The van der Waals surface area contributed by atoms with E-state index in [0.29, 0.717) is 19.5 Å². The molecule has 0 saturated carbocycles. The van der Waals surface area contributed by atoms with Crippen LogP contribution in [0.25, 0.3) is 0 Å².